The monoisotopic (exact) mass is 437 g/mol. The summed E-state index contributed by atoms with van der Waals surface area (Å²) in [4.78, 5) is 21.9. The fourth-order valence-corrected chi connectivity index (χ4v) is 2.44. The van der Waals surface area contributed by atoms with Gasteiger partial charge in [-0.25, -0.2) is 5.43 Å². The number of carbonyl (C=O) groups excluding carboxylic acids is 1. The molecule has 2 aromatic carbocycles. The Bertz CT molecular complexity index is 872. The number of hydrazone groups is 1. The van der Waals surface area contributed by atoms with Crippen molar-refractivity contribution in [1.82, 2.24) is 5.43 Å². The average molecular weight is 438 g/mol. The number of hydrogen-bond donors (Lipinski definition) is 2. The molecule has 142 valence electrons. The molecule has 0 unspecified atom stereocenters. The summed E-state index contributed by atoms with van der Waals surface area (Å²) in [6.07, 6.45) is 1.39. The van der Waals surface area contributed by atoms with Crippen LogP contribution < -0.4 is 14.9 Å². The van der Waals surface area contributed by atoms with Crippen molar-refractivity contribution in [1.29, 1.82) is 0 Å². The van der Waals surface area contributed by atoms with Crippen molar-refractivity contribution < 1.29 is 24.3 Å². The van der Waals surface area contributed by atoms with E-state index in [1.54, 1.807) is 19.1 Å². The smallest absolute Gasteiger partial charge is 0.277 e. The molecular formula is C17H16BrN3O6. The lowest BCUT2D eigenvalue weighted by atomic mass is 10.2. The van der Waals surface area contributed by atoms with Crippen LogP contribution in [-0.4, -0.2) is 35.4 Å². The number of rotatable bonds is 8. The van der Waals surface area contributed by atoms with E-state index in [9.17, 15) is 20.0 Å². The fraction of sp³-hybridized carbons (Fsp3) is 0.176. The molecule has 0 aliphatic heterocycles. The van der Waals surface area contributed by atoms with Gasteiger partial charge >= 0.3 is 0 Å². The van der Waals surface area contributed by atoms with Crippen LogP contribution in [0, 0.1) is 10.1 Å². The van der Waals surface area contributed by atoms with Crippen LogP contribution >= 0.6 is 15.9 Å². The highest BCUT2D eigenvalue weighted by Gasteiger charge is 2.11. The van der Waals surface area contributed by atoms with Crippen LogP contribution in [0.2, 0.25) is 0 Å². The zero-order valence-corrected chi connectivity index (χ0v) is 15.8. The standard InChI is InChI=1S/C17H16BrN3O6/c1-2-26-16-7-11(3-5-14(16)22)9-19-20-17(23)10-27-15-6-4-12(21(24)25)8-13(15)18/h3-9,22H,2,10H2,1H3,(H,20,23)/b19-9-. The summed E-state index contributed by atoms with van der Waals surface area (Å²) in [6.45, 7) is 1.87. The van der Waals surface area contributed by atoms with Crippen molar-refractivity contribution in [2.24, 2.45) is 5.10 Å². The minimum Gasteiger partial charge on any atom is -0.504 e. The molecule has 9 nitrogen and oxygen atoms in total. The molecular weight excluding hydrogens is 422 g/mol. The Morgan fingerprint density at radius 3 is 2.74 bits per heavy atom. The number of phenolic OH excluding ortho intramolecular Hbond substituents is 1. The lowest BCUT2D eigenvalue weighted by molar-refractivity contribution is -0.384. The predicted octanol–water partition coefficient (Wildman–Crippen LogP) is 2.99. The summed E-state index contributed by atoms with van der Waals surface area (Å²) >= 11 is 3.15. The van der Waals surface area contributed by atoms with E-state index in [2.05, 4.69) is 26.5 Å². The zero-order chi connectivity index (χ0) is 19.8. The minimum absolute atomic E-state index is 0.0140. The maximum atomic E-state index is 11.8. The van der Waals surface area contributed by atoms with Crippen molar-refractivity contribution in [3.63, 3.8) is 0 Å². The van der Waals surface area contributed by atoms with E-state index in [0.717, 1.165) is 0 Å². The second-order valence-electron chi connectivity index (χ2n) is 5.11. The van der Waals surface area contributed by atoms with Crippen molar-refractivity contribution in [2.45, 2.75) is 6.92 Å². The van der Waals surface area contributed by atoms with E-state index in [1.165, 1.54) is 30.5 Å². The summed E-state index contributed by atoms with van der Waals surface area (Å²) in [5.74, 6) is 0.110. The number of nitrogens with one attached hydrogen (secondary N) is 1. The molecule has 0 aliphatic carbocycles. The molecule has 2 rings (SSSR count). The zero-order valence-electron chi connectivity index (χ0n) is 14.2. The van der Waals surface area contributed by atoms with E-state index in [-0.39, 0.29) is 18.0 Å². The van der Waals surface area contributed by atoms with Crippen molar-refractivity contribution in [2.75, 3.05) is 13.2 Å². The SMILES string of the molecule is CCOc1cc(/C=N\NC(=O)COc2ccc([N+](=O)[O-])cc2Br)ccc1O. The molecule has 0 radical (unpaired) electrons. The fourth-order valence-electron chi connectivity index (χ4n) is 1.96. The molecule has 0 bridgehead atoms. The highest BCUT2D eigenvalue weighted by atomic mass is 79.9. The van der Waals surface area contributed by atoms with Gasteiger partial charge in [-0.15, -0.1) is 0 Å². The normalized spacial score (nSPS) is 10.6. The van der Waals surface area contributed by atoms with Gasteiger partial charge in [0.1, 0.15) is 5.75 Å². The number of phenols is 1. The van der Waals surface area contributed by atoms with E-state index < -0.39 is 10.8 Å². The quantitative estimate of drug-likeness (QED) is 0.371. The summed E-state index contributed by atoms with van der Waals surface area (Å²) in [6, 6.07) is 8.61. The number of ether oxygens (including phenoxy) is 2. The molecule has 0 atom stereocenters. The van der Waals surface area contributed by atoms with Gasteiger partial charge < -0.3 is 14.6 Å². The third-order valence-electron chi connectivity index (χ3n) is 3.17. The van der Waals surface area contributed by atoms with Crippen LogP contribution in [0.25, 0.3) is 0 Å². The first kappa shape index (κ1) is 20.2. The molecule has 0 aliphatic rings. The lowest BCUT2D eigenvalue weighted by Gasteiger charge is -2.07. The molecule has 0 saturated heterocycles. The van der Waals surface area contributed by atoms with Crippen LogP contribution in [0.15, 0.2) is 46.0 Å². The van der Waals surface area contributed by atoms with Gasteiger partial charge in [0.15, 0.2) is 18.1 Å². The molecule has 10 heteroatoms. The highest BCUT2D eigenvalue weighted by molar-refractivity contribution is 9.10. The molecule has 2 N–H and O–H groups in total. The van der Waals surface area contributed by atoms with E-state index in [1.807, 2.05) is 0 Å². The Kier molecular flexibility index (Phi) is 7.12. The van der Waals surface area contributed by atoms with Crippen LogP contribution in [0.5, 0.6) is 17.2 Å². The van der Waals surface area contributed by atoms with Gasteiger partial charge in [0, 0.05) is 12.1 Å². The molecule has 0 saturated carbocycles. The summed E-state index contributed by atoms with van der Waals surface area (Å²) in [7, 11) is 0. The molecule has 0 spiro atoms. The Morgan fingerprint density at radius 1 is 1.30 bits per heavy atom. The number of non-ortho nitro benzene ring substituents is 1. The van der Waals surface area contributed by atoms with Crippen LogP contribution in [0.3, 0.4) is 0 Å². The molecule has 2 aromatic rings. The Balaban J connectivity index is 1.88. The topological polar surface area (TPSA) is 123 Å². The first-order chi connectivity index (χ1) is 12.9. The number of nitro groups is 1. The van der Waals surface area contributed by atoms with Crippen LogP contribution in [0.1, 0.15) is 12.5 Å². The Morgan fingerprint density at radius 2 is 2.07 bits per heavy atom. The van der Waals surface area contributed by atoms with Gasteiger partial charge in [-0.05, 0) is 52.7 Å². The Hall–Kier alpha value is -3.14. The van der Waals surface area contributed by atoms with E-state index >= 15 is 0 Å². The summed E-state index contributed by atoms with van der Waals surface area (Å²) < 4.78 is 10.9. The largest absolute Gasteiger partial charge is 0.504 e. The Labute approximate surface area is 162 Å². The predicted molar refractivity (Wildman–Crippen MR) is 101 cm³/mol. The number of benzene rings is 2. The van der Waals surface area contributed by atoms with Crippen LogP contribution in [0.4, 0.5) is 5.69 Å². The van der Waals surface area contributed by atoms with Crippen molar-refractivity contribution in [3.05, 3.63) is 56.5 Å². The van der Waals surface area contributed by atoms with Crippen molar-refractivity contribution in [3.8, 4) is 17.2 Å². The lowest BCUT2D eigenvalue weighted by Crippen LogP contribution is -2.24. The molecule has 0 heterocycles. The third-order valence-corrected chi connectivity index (χ3v) is 3.79. The first-order valence-electron chi connectivity index (χ1n) is 7.75. The van der Waals surface area contributed by atoms with E-state index in [4.69, 9.17) is 9.47 Å². The van der Waals surface area contributed by atoms with Crippen LogP contribution in [-0.2, 0) is 4.79 Å². The number of amides is 1. The second kappa shape index (κ2) is 9.53. The molecule has 0 fully saturated rings. The van der Waals surface area contributed by atoms with Gasteiger partial charge in [0.25, 0.3) is 11.6 Å². The number of halogens is 1. The van der Waals surface area contributed by atoms with Gasteiger partial charge in [0.2, 0.25) is 0 Å². The van der Waals surface area contributed by atoms with Gasteiger partial charge in [-0.3, -0.25) is 14.9 Å². The molecule has 27 heavy (non-hydrogen) atoms. The number of nitro benzene ring substituents is 1. The van der Waals surface area contributed by atoms with E-state index in [0.29, 0.717) is 28.1 Å². The maximum Gasteiger partial charge on any atom is 0.277 e. The van der Waals surface area contributed by atoms with Crippen molar-refractivity contribution >= 4 is 33.7 Å². The number of hydrogen-bond acceptors (Lipinski definition) is 7. The summed E-state index contributed by atoms with van der Waals surface area (Å²) in [5, 5.41) is 24.1. The third kappa shape index (κ3) is 5.96. The molecule has 1 amide bonds. The highest BCUT2D eigenvalue weighted by Crippen LogP contribution is 2.29. The van der Waals surface area contributed by atoms with Gasteiger partial charge in [-0.2, -0.15) is 5.10 Å². The van der Waals surface area contributed by atoms with Gasteiger partial charge in [0.05, 0.1) is 22.2 Å². The second-order valence-corrected chi connectivity index (χ2v) is 5.97. The minimum atomic E-state index is -0.531. The first-order valence-corrected chi connectivity index (χ1v) is 8.54. The maximum absolute atomic E-state index is 11.8. The number of nitrogens with zero attached hydrogens (tertiary/aromatic N) is 2. The number of carbonyl (C=O) groups is 1. The average Bonchev–Trinajstić information content (AvgIpc) is 2.63. The number of aromatic hydroxyl groups is 1. The molecule has 0 aromatic heterocycles. The summed E-state index contributed by atoms with van der Waals surface area (Å²) in [5.41, 5.74) is 2.82. The van der Waals surface area contributed by atoms with Gasteiger partial charge in [-0.1, -0.05) is 0 Å².